The zero-order valence-electron chi connectivity index (χ0n) is 8.61. The Bertz CT molecular complexity index is 159. The normalized spacial score (nSPS) is 13.0. The average molecular weight is 210 g/mol. The molecule has 84 valence electrons. The first-order valence-electron chi connectivity index (χ1n) is 3.84. The molecule has 0 amide bonds. The maximum atomic E-state index is 11.6. The molecule has 14 heavy (non-hydrogen) atoms. The number of alkyl halides is 1. The third-order valence-electron chi connectivity index (χ3n) is 1.07. The van der Waals surface area contributed by atoms with E-state index < -0.39 is 24.2 Å². The van der Waals surface area contributed by atoms with Crippen LogP contribution in [0.25, 0.3) is 0 Å². The second-order valence-electron chi connectivity index (χ2n) is 2.34. The van der Waals surface area contributed by atoms with Crippen LogP contribution in [-0.2, 0) is 19.1 Å². The lowest BCUT2D eigenvalue weighted by Crippen LogP contribution is -2.16. The summed E-state index contributed by atoms with van der Waals surface area (Å²) in [6.45, 7) is 2.48. The Morgan fingerprint density at radius 1 is 1.14 bits per heavy atom. The van der Waals surface area contributed by atoms with Crippen molar-refractivity contribution in [3.05, 3.63) is 0 Å². The highest BCUT2D eigenvalue weighted by atomic mass is 19.1. The van der Waals surface area contributed by atoms with E-state index in [1.165, 1.54) is 14.0 Å². The van der Waals surface area contributed by atoms with Crippen molar-refractivity contribution in [2.45, 2.75) is 26.1 Å². The lowest BCUT2D eigenvalue weighted by molar-refractivity contribution is -0.149. The second-order valence-corrected chi connectivity index (χ2v) is 2.34. The van der Waals surface area contributed by atoms with Gasteiger partial charge in [-0.15, -0.1) is 0 Å². The first kappa shape index (κ1) is 15.3. The summed E-state index contributed by atoms with van der Waals surface area (Å²) in [5, 5.41) is 8.35. The predicted octanol–water partition coefficient (Wildman–Crippen LogP) is 0.0576. The highest BCUT2D eigenvalue weighted by Crippen LogP contribution is 1.88. The molecule has 1 N–H and O–H groups in total. The zero-order chi connectivity index (χ0) is 11.7. The Kier molecular flexibility index (Phi) is 9.22. The van der Waals surface area contributed by atoms with Crippen molar-refractivity contribution in [3.8, 4) is 0 Å². The highest BCUT2D eigenvalue weighted by Gasteiger charge is 2.08. The van der Waals surface area contributed by atoms with E-state index in [1.807, 2.05) is 0 Å². The van der Waals surface area contributed by atoms with E-state index in [2.05, 4.69) is 9.47 Å². The van der Waals surface area contributed by atoms with Gasteiger partial charge in [0.2, 0.25) is 0 Å². The topological polar surface area (TPSA) is 72.8 Å². The number of ether oxygens (including phenoxy) is 2. The fourth-order valence-corrected chi connectivity index (χ4v) is 0.333. The van der Waals surface area contributed by atoms with Crippen LogP contribution in [0.1, 0.15) is 13.8 Å². The number of aliphatic hydroxyl groups excluding tert-OH is 1. The van der Waals surface area contributed by atoms with Crippen LogP contribution >= 0.6 is 0 Å². The molecular formula is C8H15FO5. The summed E-state index contributed by atoms with van der Waals surface area (Å²) in [7, 11) is 2.38. The van der Waals surface area contributed by atoms with E-state index in [0.29, 0.717) is 0 Å². The quantitative estimate of drug-likeness (QED) is 0.652. The number of aliphatic hydroxyl groups is 1. The average Bonchev–Trinajstić information content (AvgIpc) is 2.15. The molecule has 0 aliphatic carbocycles. The minimum Gasteiger partial charge on any atom is -0.467 e. The summed E-state index contributed by atoms with van der Waals surface area (Å²) in [5.41, 5.74) is 0. The van der Waals surface area contributed by atoms with E-state index in [9.17, 15) is 14.0 Å². The van der Waals surface area contributed by atoms with Crippen LogP contribution in [0, 0.1) is 0 Å². The van der Waals surface area contributed by atoms with Crippen molar-refractivity contribution >= 4 is 11.9 Å². The molecular weight excluding hydrogens is 195 g/mol. The molecule has 0 fully saturated rings. The van der Waals surface area contributed by atoms with Gasteiger partial charge in [-0.2, -0.15) is 0 Å². The Hall–Kier alpha value is -1.17. The van der Waals surface area contributed by atoms with Gasteiger partial charge in [-0.05, 0) is 13.8 Å². The maximum absolute atomic E-state index is 11.6. The number of carbonyl (C=O) groups is 2. The summed E-state index contributed by atoms with van der Waals surface area (Å²) in [5.74, 6) is -1.42. The number of hydrogen-bond donors (Lipinski definition) is 1. The van der Waals surface area contributed by atoms with E-state index >= 15 is 0 Å². The van der Waals surface area contributed by atoms with E-state index in [0.717, 1.165) is 14.0 Å². The van der Waals surface area contributed by atoms with Crippen molar-refractivity contribution in [2.24, 2.45) is 0 Å². The number of hydrogen-bond acceptors (Lipinski definition) is 5. The third-order valence-corrected chi connectivity index (χ3v) is 1.07. The monoisotopic (exact) mass is 210 g/mol. The van der Waals surface area contributed by atoms with Gasteiger partial charge >= 0.3 is 11.9 Å². The summed E-state index contributed by atoms with van der Waals surface area (Å²) in [6, 6.07) is 0. The molecule has 0 unspecified atom stereocenters. The molecule has 0 saturated carbocycles. The van der Waals surface area contributed by atoms with Gasteiger partial charge in [0.25, 0.3) is 0 Å². The van der Waals surface area contributed by atoms with E-state index in [4.69, 9.17) is 5.11 Å². The Balaban J connectivity index is 0. The SMILES string of the molecule is COC(=O)[C@@H](C)F.COC(=O)[C@H](C)O. The molecule has 0 aliphatic heterocycles. The first-order valence-corrected chi connectivity index (χ1v) is 3.84. The van der Waals surface area contributed by atoms with Crippen LogP contribution in [0.5, 0.6) is 0 Å². The number of esters is 2. The Morgan fingerprint density at radius 3 is 1.50 bits per heavy atom. The number of carbonyl (C=O) groups excluding carboxylic acids is 2. The zero-order valence-corrected chi connectivity index (χ0v) is 8.61. The number of rotatable bonds is 2. The molecule has 0 rings (SSSR count). The van der Waals surface area contributed by atoms with Crippen LogP contribution in [0.2, 0.25) is 0 Å². The smallest absolute Gasteiger partial charge is 0.340 e. The summed E-state index contributed by atoms with van der Waals surface area (Å²) in [4.78, 5) is 20.0. The van der Waals surface area contributed by atoms with Crippen LogP contribution in [0.15, 0.2) is 0 Å². The predicted molar refractivity (Wildman–Crippen MR) is 46.3 cm³/mol. The van der Waals surface area contributed by atoms with Crippen LogP contribution in [-0.4, -0.2) is 43.5 Å². The summed E-state index contributed by atoms with van der Waals surface area (Å²) >= 11 is 0. The molecule has 0 radical (unpaired) electrons. The van der Waals surface area contributed by atoms with Crippen LogP contribution in [0.4, 0.5) is 4.39 Å². The Morgan fingerprint density at radius 2 is 1.50 bits per heavy atom. The van der Waals surface area contributed by atoms with E-state index in [1.54, 1.807) is 0 Å². The summed E-state index contributed by atoms with van der Waals surface area (Å²) in [6.07, 6.45) is -2.49. The highest BCUT2D eigenvalue weighted by molar-refractivity contribution is 5.73. The molecule has 0 aromatic rings. The summed E-state index contributed by atoms with van der Waals surface area (Å²) < 4.78 is 19.7. The molecule has 0 heterocycles. The molecule has 6 heteroatoms. The molecule has 0 bridgehead atoms. The van der Waals surface area contributed by atoms with Crippen molar-refractivity contribution < 1.29 is 28.6 Å². The van der Waals surface area contributed by atoms with Gasteiger partial charge in [0.15, 0.2) is 6.17 Å². The maximum Gasteiger partial charge on any atom is 0.340 e. The standard InChI is InChI=1S/C4H7FO2.C4H8O3/c2*1-3(5)4(6)7-2/h3H,1-2H3;3,5H,1-2H3/t2*3-/m10/s1. The Labute approximate surface area is 81.8 Å². The van der Waals surface area contributed by atoms with Crippen molar-refractivity contribution in [1.29, 1.82) is 0 Å². The first-order chi connectivity index (χ1) is 6.36. The number of halogens is 1. The van der Waals surface area contributed by atoms with Crippen molar-refractivity contribution in [3.63, 3.8) is 0 Å². The lowest BCUT2D eigenvalue weighted by atomic mass is 10.4. The molecule has 0 aromatic heterocycles. The van der Waals surface area contributed by atoms with Gasteiger partial charge in [0.05, 0.1) is 14.2 Å². The van der Waals surface area contributed by atoms with Gasteiger partial charge in [0, 0.05) is 0 Å². The molecule has 0 aromatic carbocycles. The molecule has 5 nitrogen and oxygen atoms in total. The van der Waals surface area contributed by atoms with Gasteiger partial charge < -0.3 is 14.6 Å². The van der Waals surface area contributed by atoms with Crippen LogP contribution < -0.4 is 0 Å². The van der Waals surface area contributed by atoms with Gasteiger partial charge in [-0.25, -0.2) is 14.0 Å². The van der Waals surface area contributed by atoms with Crippen LogP contribution in [0.3, 0.4) is 0 Å². The molecule has 0 saturated heterocycles. The van der Waals surface area contributed by atoms with Gasteiger partial charge in [-0.3, -0.25) is 0 Å². The van der Waals surface area contributed by atoms with Gasteiger partial charge in [-0.1, -0.05) is 0 Å². The molecule has 0 spiro atoms. The van der Waals surface area contributed by atoms with Crippen molar-refractivity contribution in [1.82, 2.24) is 0 Å². The lowest BCUT2D eigenvalue weighted by Gasteiger charge is -1.97. The largest absolute Gasteiger partial charge is 0.467 e. The van der Waals surface area contributed by atoms with Gasteiger partial charge in [0.1, 0.15) is 6.10 Å². The minimum atomic E-state index is -1.50. The fourth-order valence-electron chi connectivity index (χ4n) is 0.333. The fraction of sp³-hybridized carbons (Fsp3) is 0.750. The van der Waals surface area contributed by atoms with E-state index in [-0.39, 0.29) is 0 Å². The van der Waals surface area contributed by atoms with Crippen molar-refractivity contribution in [2.75, 3.05) is 14.2 Å². The second kappa shape index (κ2) is 8.43. The molecule has 0 aliphatic rings. The molecule has 2 atom stereocenters. The minimum absolute atomic E-state index is 0.597. The third kappa shape index (κ3) is 8.92. The number of methoxy groups -OCH3 is 2.